The highest BCUT2D eigenvalue weighted by molar-refractivity contribution is 7.90. The fourth-order valence-electron chi connectivity index (χ4n) is 3.98. The van der Waals surface area contributed by atoms with Gasteiger partial charge in [-0.15, -0.1) is 0 Å². The Morgan fingerprint density at radius 3 is 2.21 bits per heavy atom. The molecule has 0 bridgehead atoms. The van der Waals surface area contributed by atoms with Gasteiger partial charge in [-0.3, -0.25) is 9.80 Å². The Hall–Kier alpha value is -2.22. The first-order valence-electron chi connectivity index (χ1n) is 10.0. The number of hydrogen-bond acceptors (Lipinski definition) is 5. The number of sulfone groups is 1. The minimum Gasteiger partial charge on any atom is -0.330 e. The molecule has 1 fully saturated rings. The molecule has 0 unspecified atom stereocenters. The summed E-state index contributed by atoms with van der Waals surface area (Å²) >= 11 is 0. The Kier molecular flexibility index (Phi) is 5.72. The molecule has 1 aromatic heterocycles. The third kappa shape index (κ3) is 4.69. The van der Waals surface area contributed by atoms with Gasteiger partial charge in [0.15, 0.2) is 9.84 Å². The molecule has 154 valence electrons. The van der Waals surface area contributed by atoms with Gasteiger partial charge >= 0.3 is 0 Å². The van der Waals surface area contributed by atoms with E-state index in [0.717, 1.165) is 62.6 Å². The van der Waals surface area contributed by atoms with Crippen molar-refractivity contribution in [1.82, 2.24) is 19.4 Å². The maximum Gasteiger partial charge on any atom is 0.175 e. The van der Waals surface area contributed by atoms with E-state index in [1.165, 1.54) is 11.8 Å². The van der Waals surface area contributed by atoms with Gasteiger partial charge in [0.2, 0.25) is 0 Å². The zero-order valence-corrected chi connectivity index (χ0v) is 17.9. The molecule has 0 saturated carbocycles. The van der Waals surface area contributed by atoms with Gasteiger partial charge in [-0.2, -0.15) is 0 Å². The summed E-state index contributed by atoms with van der Waals surface area (Å²) in [5.41, 5.74) is 3.39. The number of imidazole rings is 1. The Morgan fingerprint density at radius 2 is 1.55 bits per heavy atom. The predicted octanol–water partition coefficient (Wildman–Crippen LogP) is 2.68. The lowest BCUT2D eigenvalue weighted by atomic mass is 10.2. The van der Waals surface area contributed by atoms with Gasteiger partial charge in [-0.05, 0) is 49.3 Å². The second-order valence-corrected chi connectivity index (χ2v) is 9.91. The van der Waals surface area contributed by atoms with Crippen LogP contribution in [0, 0.1) is 0 Å². The number of benzene rings is 2. The van der Waals surface area contributed by atoms with E-state index in [9.17, 15) is 8.42 Å². The molecular weight excluding hydrogens is 384 g/mol. The lowest BCUT2D eigenvalue weighted by Gasteiger charge is -2.21. The molecule has 1 aliphatic rings. The zero-order valence-electron chi connectivity index (χ0n) is 17.1. The van der Waals surface area contributed by atoms with Crippen molar-refractivity contribution in [2.45, 2.75) is 24.4 Å². The van der Waals surface area contributed by atoms with Gasteiger partial charge in [0.05, 0.1) is 22.5 Å². The lowest BCUT2D eigenvalue weighted by Crippen LogP contribution is -2.31. The largest absolute Gasteiger partial charge is 0.330 e. The average molecular weight is 413 g/mol. The first kappa shape index (κ1) is 20.1. The third-order valence-electron chi connectivity index (χ3n) is 5.68. The summed E-state index contributed by atoms with van der Waals surface area (Å²) in [5, 5.41) is 0. The van der Waals surface area contributed by atoms with E-state index in [4.69, 9.17) is 4.98 Å². The number of aryl methyl sites for hydroxylation is 1. The molecule has 0 N–H and O–H groups in total. The average Bonchev–Trinajstić information content (AvgIpc) is 2.85. The van der Waals surface area contributed by atoms with Crippen LogP contribution in [0.1, 0.15) is 17.8 Å². The Balaban J connectivity index is 1.37. The highest BCUT2D eigenvalue weighted by Gasteiger charge is 2.18. The van der Waals surface area contributed by atoms with E-state index in [1.807, 2.05) is 18.2 Å². The van der Waals surface area contributed by atoms with E-state index in [1.54, 1.807) is 12.1 Å². The monoisotopic (exact) mass is 412 g/mol. The van der Waals surface area contributed by atoms with Crippen molar-refractivity contribution in [2.24, 2.45) is 7.05 Å². The van der Waals surface area contributed by atoms with Crippen LogP contribution in [0.3, 0.4) is 0 Å². The minimum atomic E-state index is -3.14. The molecule has 1 saturated heterocycles. The van der Waals surface area contributed by atoms with Crippen LogP contribution in [0.5, 0.6) is 0 Å². The summed E-state index contributed by atoms with van der Waals surface area (Å²) in [5.74, 6) is 1.11. The number of para-hydroxylation sites is 2. The molecule has 0 atom stereocenters. The molecule has 0 radical (unpaired) electrons. The highest BCUT2D eigenvalue weighted by Crippen LogP contribution is 2.17. The van der Waals surface area contributed by atoms with Crippen LogP contribution in [-0.2, 0) is 30.0 Å². The number of aromatic nitrogens is 2. The van der Waals surface area contributed by atoms with E-state index >= 15 is 0 Å². The Morgan fingerprint density at radius 1 is 0.897 bits per heavy atom. The van der Waals surface area contributed by atoms with Crippen molar-refractivity contribution >= 4 is 20.9 Å². The first-order valence-corrected chi connectivity index (χ1v) is 11.9. The molecule has 7 heteroatoms. The number of nitrogens with zero attached hydrogens (tertiary/aromatic N) is 4. The van der Waals surface area contributed by atoms with Crippen molar-refractivity contribution < 1.29 is 8.42 Å². The second-order valence-electron chi connectivity index (χ2n) is 7.90. The normalized spacial score (nSPS) is 16.9. The Labute approximate surface area is 172 Å². The van der Waals surface area contributed by atoms with E-state index in [-0.39, 0.29) is 0 Å². The first-order chi connectivity index (χ1) is 13.9. The molecule has 3 aromatic rings. The Bertz CT molecular complexity index is 1090. The minimum absolute atomic E-state index is 0.380. The van der Waals surface area contributed by atoms with Crippen molar-refractivity contribution in [3.05, 3.63) is 59.9 Å². The fraction of sp³-hybridized carbons (Fsp3) is 0.409. The maximum absolute atomic E-state index is 11.6. The molecule has 1 aliphatic heterocycles. The van der Waals surface area contributed by atoms with Crippen LogP contribution in [0.15, 0.2) is 53.4 Å². The molecule has 0 amide bonds. The second kappa shape index (κ2) is 8.26. The maximum atomic E-state index is 11.6. The SMILES string of the molecule is Cn1c(CN2CCCN(Cc3ccc(S(C)(=O)=O)cc3)CC2)nc2ccccc21. The van der Waals surface area contributed by atoms with E-state index in [0.29, 0.717) is 4.90 Å². The van der Waals surface area contributed by atoms with E-state index in [2.05, 4.69) is 39.6 Å². The van der Waals surface area contributed by atoms with Crippen molar-refractivity contribution in [3.63, 3.8) is 0 Å². The molecule has 2 heterocycles. The van der Waals surface area contributed by atoms with Gasteiger partial charge in [-0.25, -0.2) is 13.4 Å². The number of hydrogen-bond donors (Lipinski definition) is 0. The van der Waals surface area contributed by atoms with Crippen molar-refractivity contribution in [1.29, 1.82) is 0 Å². The molecule has 2 aromatic carbocycles. The van der Waals surface area contributed by atoms with Gasteiger partial charge in [-0.1, -0.05) is 24.3 Å². The van der Waals surface area contributed by atoms with Crippen LogP contribution in [0.25, 0.3) is 11.0 Å². The van der Waals surface area contributed by atoms with Gasteiger partial charge in [0.25, 0.3) is 0 Å². The van der Waals surface area contributed by atoms with Crippen LogP contribution >= 0.6 is 0 Å². The zero-order chi connectivity index (χ0) is 20.4. The smallest absolute Gasteiger partial charge is 0.175 e. The van der Waals surface area contributed by atoms with E-state index < -0.39 is 9.84 Å². The van der Waals surface area contributed by atoms with Crippen molar-refractivity contribution in [2.75, 3.05) is 32.4 Å². The predicted molar refractivity (Wildman–Crippen MR) is 115 cm³/mol. The van der Waals surface area contributed by atoms with Crippen molar-refractivity contribution in [3.8, 4) is 0 Å². The molecule has 4 rings (SSSR count). The van der Waals surface area contributed by atoms with Gasteiger partial charge < -0.3 is 4.57 Å². The summed E-state index contributed by atoms with van der Waals surface area (Å²) in [6, 6.07) is 15.5. The van der Waals surface area contributed by atoms with Crippen LogP contribution < -0.4 is 0 Å². The number of fused-ring (bicyclic) bond motifs is 1. The summed E-state index contributed by atoms with van der Waals surface area (Å²) in [6.45, 7) is 5.83. The van der Waals surface area contributed by atoms with Gasteiger partial charge in [0, 0.05) is 32.9 Å². The number of rotatable bonds is 5. The fourth-order valence-corrected chi connectivity index (χ4v) is 4.61. The highest BCUT2D eigenvalue weighted by atomic mass is 32.2. The summed E-state index contributed by atoms with van der Waals surface area (Å²) in [6.07, 6.45) is 2.36. The third-order valence-corrected chi connectivity index (χ3v) is 6.81. The molecule has 0 aliphatic carbocycles. The molecule has 29 heavy (non-hydrogen) atoms. The molecule has 0 spiro atoms. The standard InChI is InChI=1S/C22H28N4O2S/c1-24-21-7-4-3-6-20(21)23-22(24)17-26-13-5-12-25(14-15-26)16-18-8-10-19(11-9-18)29(2,27)28/h3-4,6-11H,5,12-17H2,1-2H3. The molecular formula is C22H28N4O2S. The lowest BCUT2D eigenvalue weighted by molar-refractivity contribution is 0.242. The van der Waals surface area contributed by atoms with Crippen LogP contribution in [0.2, 0.25) is 0 Å². The quantitative estimate of drug-likeness (QED) is 0.645. The van der Waals surface area contributed by atoms with Gasteiger partial charge in [0.1, 0.15) is 5.82 Å². The van der Waals surface area contributed by atoms with Crippen LogP contribution in [0.4, 0.5) is 0 Å². The topological polar surface area (TPSA) is 58.4 Å². The van der Waals surface area contributed by atoms with Crippen LogP contribution in [-0.4, -0.2) is 60.2 Å². The summed E-state index contributed by atoms with van der Waals surface area (Å²) < 4.78 is 25.4. The summed E-state index contributed by atoms with van der Waals surface area (Å²) in [4.78, 5) is 10.1. The summed E-state index contributed by atoms with van der Waals surface area (Å²) in [7, 11) is -1.04. The molecule has 6 nitrogen and oxygen atoms in total.